The Balaban J connectivity index is 1.77. The van der Waals surface area contributed by atoms with E-state index in [1.54, 1.807) is 6.26 Å². The van der Waals surface area contributed by atoms with Gasteiger partial charge in [0.15, 0.2) is 0 Å². The molecule has 33 heavy (non-hydrogen) atoms. The van der Waals surface area contributed by atoms with E-state index in [0.29, 0.717) is 22.8 Å². The molecule has 3 unspecified atom stereocenters. The molecule has 0 spiro atoms. The molecule has 3 aromatic rings. The number of benzene rings is 2. The molecule has 1 aliphatic rings. The van der Waals surface area contributed by atoms with Gasteiger partial charge >= 0.3 is 0 Å². The largest absolute Gasteiger partial charge is 0.388 e. The summed E-state index contributed by atoms with van der Waals surface area (Å²) in [5.41, 5.74) is 4.21. The van der Waals surface area contributed by atoms with Gasteiger partial charge in [0.1, 0.15) is 11.1 Å². The fourth-order valence-electron chi connectivity index (χ4n) is 4.48. The van der Waals surface area contributed by atoms with Gasteiger partial charge in [0.05, 0.1) is 22.1 Å². The second-order valence-corrected chi connectivity index (χ2v) is 11.2. The molecule has 1 aromatic heterocycles. The number of thioether (sulfide) groups is 1. The highest BCUT2D eigenvalue weighted by atomic mass is 32.2. The molecule has 1 N–H and O–H groups in total. The Bertz CT molecular complexity index is 1190. The number of nitriles is 1. The van der Waals surface area contributed by atoms with Crippen LogP contribution in [0.5, 0.6) is 0 Å². The SMILES string of the molecule is Cc1ccc(-c2cc(-c3ccccc3)c(C#N)c(SCC3(O)CCCCC3S(C)=O)n2)cc1. The third-order valence-electron chi connectivity index (χ3n) is 6.32. The van der Waals surface area contributed by atoms with E-state index in [-0.39, 0.29) is 5.25 Å². The lowest BCUT2D eigenvalue weighted by Gasteiger charge is -2.38. The summed E-state index contributed by atoms with van der Waals surface area (Å²) >= 11 is 1.40. The average Bonchev–Trinajstić information content (AvgIpc) is 2.83. The van der Waals surface area contributed by atoms with Crippen molar-refractivity contribution in [3.63, 3.8) is 0 Å². The predicted molar refractivity (Wildman–Crippen MR) is 137 cm³/mol. The van der Waals surface area contributed by atoms with Gasteiger partial charge < -0.3 is 5.11 Å². The smallest absolute Gasteiger partial charge is 0.115 e. The zero-order valence-electron chi connectivity index (χ0n) is 19.0. The average molecular weight is 477 g/mol. The van der Waals surface area contributed by atoms with Crippen LogP contribution in [0.2, 0.25) is 0 Å². The Morgan fingerprint density at radius 3 is 2.55 bits per heavy atom. The molecule has 1 fully saturated rings. The van der Waals surface area contributed by atoms with Crippen molar-refractivity contribution in [2.75, 3.05) is 12.0 Å². The summed E-state index contributed by atoms with van der Waals surface area (Å²) in [6.07, 6.45) is 4.96. The highest BCUT2D eigenvalue weighted by Gasteiger charge is 2.41. The molecule has 1 saturated carbocycles. The second kappa shape index (κ2) is 10.2. The van der Waals surface area contributed by atoms with Crippen LogP contribution in [0.1, 0.15) is 36.8 Å². The molecular weight excluding hydrogens is 448 g/mol. The molecule has 0 radical (unpaired) electrons. The van der Waals surface area contributed by atoms with Crippen LogP contribution < -0.4 is 0 Å². The Labute approximate surface area is 202 Å². The van der Waals surface area contributed by atoms with Crippen molar-refractivity contribution >= 4 is 22.6 Å². The van der Waals surface area contributed by atoms with Crippen LogP contribution in [0.3, 0.4) is 0 Å². The summed E-state index contributed by atoms with van der Waals surface area (Å²) < 4.78 is 12.3. The molecule has 2 aromatic carbocycles. The lowest BCUT2D eigenvalue weighted by molar-refractivity contribution is 0.0326. The van der Waals surface area contributed by atoms with E-state index in [1.807, 2.05) is 55.5 Å². The molecule has 1 aliphatic carbocycles. The first kappa shape index (κ1) is 23.7. The summed E-state index contributed by atoms with van der Waals surface area (Å²) in [5.74, 6) is 0.366. The number of aryl methyl sites for hydroxylation is 1. The molecule has 4 rings (SSSR count). The molecular formula is C27H28N2O2S2. The van der Waals surface area contributed by atoms with E-state index in [0.717, 1.165) is 41.6 Å². The quantitative estimate of drug-likeness (QED) is 0.459. The van der Waals surface area contributed by atoms with Gasteiger partial charge in [-0.2, -0.15) is 5.26 Å². The lowest BCUT2D eigenvalue weighted by Crippen LogP contribution is -2.49. The van der Waals surface area contributed by atoms with E-state index in [1.165, 1.54) is 17.3 Å². The van der Waals surface area contributed by atoms with Crippen LogP contribution in [0.4, 0.5) is 0 Å². The van der Waals surface area contributed by atoms with E-state index in [2.05, 4.69) is 18.2 Å². The van der Waals surface area contributed by atoms with Crippen LogP contribution in [0.15, 0.2) is 65.7 Å². The first-order valence-corrected chi connectivity index (χ1v) is 13.8. The third kappa shape index (κ3) is 5.22. The highest BCUT2D eigenvalue weighted by molar-refractivity contribution is 7.99. The van der Waals surface area contributed by atoms with Crippen LogP contribution in [-0.4, -0.2) is 37.2 Å². The van der Waals surface area contributed by atoms with Crippen molar-refractivity contribution in [1.82, 2.24) is 4.98 Å². The standard InChI is InChI=1S/C27H28N2O2S2/c1-19-11-13-21(14-12-19)24-16-22(20-8-4-3-5-9-20)23(17-28)26(29-24)32-18-27(30)15-7-6-10-25(27)33(2)31/h3-5,8-9,11-14,16,25,30H,6-7,10,15,18H2,1-2H3. The van der Waals surface area contributed by atoms with Crippen LogP contribution in [0.25, 0.3) is 22.4 Å². The molecule has 0 aliphatic heterocycles. The number of aromatic nitrogens is 1. The Hall–Kier alpha value is -2.46. The van der Waals surface area contributed by atoms with Crippen molar-refractivity contribution in [2.45, 2.75) is 48.5 Å². The molecule has 170 valence electrons. The minimum Gasteiger partial charge on any atom is -0.388 e. The highest BCUT2D eigenvalue weighted by Crippen LogP contribution is 2.39. The van der Waals surface area contributed by atoms with E-state index < -0.39 is 16.4 Å². The molecule has 0 saturated heterocycles. The van der Waals surface area contributed by atoms with Crippen molar-refractivity contribution in [3.05, 3.63) is 71.8 Å². The first-order chi connectivity index (χ1) is 15.9. The number of nitrogens with zero attached hydrogens (tertiary/aromatic N) is 2. The minimum atomic E-state index is -1.11. The normalized spacial score (nSPS) is 21.3. The summed E-state index contributed by atoms with van der Waals surface area (Å²) in [6.45, 7) is 2.05. The number of hydrogen-bond donors (Lipinski definition) is 1. The van der Waals surface area contributed by atoms with Gasteiger partial charge in [-0.15, -0.1) is 11.8 Å². The van der Waals surface area contributed by atoms with Crippen molar-refractivity contribution in [1.29, 1.82) is 5.26 Å². The van der Waals surface area contributed by atoms with Gasteiger partial charge in [0.25, 0.3) is 0 Å². The third-order valence-corrected chi connectivity index (χ3v) is 9.00. The van der Waals surface area contributed by atoms with Crippen molar-refractivity contribution in [3.8, 4) is 28.5 Å². The van der Waals surface area contributed by atoms with Gasteiger partial charge in [-0.3, -0.25) is 4.21 Å². The zero-order chi connectivity index (χ0) is 23.4. The summed E-state index contributed by atoms with van der Waals surface area (Å²) in [6, 6.07) is 22.4. The van der Waals surface area contributed by atoms with Gasteiger partial charge in [0, 0.05) is 33.9 Å². The molecule has 0 amide bonds. The second-order valence-electron chi connectivity index (χ2n) is 8.70. The Morgan fingerprint density at radius 2 is 1.88 bits per heavy atom. The fourth-order valence-corrected chi connectivity index (χ4v) is 7.09. The van der Waals surface area contributed by atoms with E-state index >= 15 is 0 Å². The maximum Gasteiger partial charge on any atom is 0.115 e. The fraction of sp³-hybridized carbons (Fsp3) is 0.333. The number of rotatable bonds is 6. The Morgan fingerprint density at radius 1 is 1.15 bits per heavy atom. The zero-order valence-corrected chi connectivity index (χ0v) is 20.6. The maximum atomic E-state index is 12.3. The van der Waals surface area contributed by atoms with Crippen LogP contribution >= 0.6 is 11.8 Å². The monoisotopic (exact) mass is 476 g/mol. The predicted octanol–water partition coefficient (Wildman–Crippen LogP) is 5.74. The van der Waals surface area contributed by atoms with Gasteiger partial charge in [-0.1, -0.05) is 73.0 Å². The van der Waals surface area contributed by atoms with E-state index in [4.69, 9.17) is 4.98 Å². The van der Waals surface area contributed by atoms with Crippen molar-refractivity contribution < 1.29 is 9.32 Å². The maximum absolute atomic E-state index is 12.3. The number of hydrogen-bond acceptors (Lipinski definition) is 5. The molecule has 6 heteroatoms. The number of aliphatic hydroxyl groups is 1. The first-order valence-electron chi connectivity index (χ1n) is 11.2. The van der Waals surface area contributed by atoms with Crippen LogP contribution in [-0.2, 0) is 10.8 Å². The lowest BCUT2D eigenvalue weighted by atomic mass is 9.86. The van der Waals surface area contributed by atoms with Gasteiger partial charge in [0.2, 0.25) is 0 Å². The van der Waals surface area contributed by atoms with Crippen LogP contribution in [0, 0.1) is 18.3 Å². The number of pyridine rings is 1. The molecule has 1 heterocycles. The van der Waals surface area contributed by atoms with Crippen molar-refractivity contribution in [2.24, 2.45) is 0 Å². The molecule has 3 atom stereocenters. The summed E-state index contributed by atoms with van der Waals surface area (Å²) in [4.78, 5) is 4.87. The topological polar surface area (TPSA) is 74.0 Å². The van der Waals surface area contributed by atoms with Gasteiger partial charge in [-0.05, 0) is 31.4 Å². The molecule has 0 bridgehead atoms. The minimum absolute atomic E-state index is 0.252. The summed E-state index contributed by atoms with van der Waals surface area (Å²) in [7, 11) is -1.11. The molecule has 4 nitrogen and oxygen atoms in total. The van der Waals surface area contributed by atoms with Gasteiger partial charge in [-0.25, -0.2) is 4.98 Å². The Kier molecular flexibility index (Phi) is 7.33. The van der Waals surface area contributed by atoms with E-state index in [9.17, 15) is 14.6 Å². The summed E-state index contributed by atoms with van der Waals surface area (Å²) in [5, 5.41) is 21.8.